The topological polar surface area (TPSA) is 180 Å². The molecule has 0 N–H and O–H groups in total. The summed E-state index contributed by atoms with van der Waals surface area (Å²) in [5.74, 6) is 1.07. The van der Waals surface area contributed by atoms with Gasteiger partial charge in [-0.15, -0.1) is 0 Å². The molecule has 2 aliphatic heterocycles. The predicted octanol–water partition coefficient (Wildman–Crippen LogP) is 7.91. The fourth-order valence-electron chi connectivity index (χ4n) is 7.97. The van der Waals surface area contributed by atoms with Crippen LogP contribution in [0.3, 0.4) is 0 Å². The third kappa shape index (κ3) is 10.5. The second-order valence-electron chi connectivity index (χ2n) is 16.1. The number of sulfone groups is 1. The number of benzene rings is 6. The lowest BCUT2D eigenvalue weighted by atomic mass is 10.1. The van der Waals surface area contributed by atoms with Crippen LogP contribution in [0.25, 0.3) is 21.8 Å². The average Bonchev–Trinajstić information content (AvgIpc) is 3.65. The molecule has 0 fully saturated rings. The summed E-state index contributed by atoms with van der Waals surface area (Å²) in [6.45, 7) is 2.27. The van der Waals surface area contributed by atoms with Crippen molar-refractivity contribution >= 4 is 66.3 Å². The predicted molar refractivity (Wildman–Crippen MR) is 262 cm³/mol. The molecule has 0 spiro atoms. The number of esters is 2. The van der Waals surface area contributed by atoms with Crippen molar-refractivity contribution in [1.82, 2.24) is 19.9 Å². The number of rotatable bonds is 10. The minimum atomic E-state index is -3.42. The Balaban J connectivity index is 0.000000172. The van der Waals surface area contributed by atoms with Crippen LogP contribution in [0.4, 0.5) is 11.9 Å². The van der Waals surface area contributed by atoms with E-state index in [9.17, 15) is 22.2 Å². The van der Waals surface area contributed by atoms with Crippen LogP contribution in [-0.4, -0.2) is 83.3 Å². The van der Waals surface area contributed by atoms with E-state index in [1.807, 2.05) is 107 Å². The first-order valence-electron chi connectivity index (χ1n) is 22.0. The quantitative estimate of drug-likeness (QED) is 0.121. The molecular formula is C52H46N6O9S2. The summed E-state index contributed by atoms with van der Waals surface area (Å²) < 4.78 is 60.3. The molecule has 0 radical (unpaired) electrons. The van der Waals surface area contributed by atoms with Crippen molar-refractivity contribution in [3.05, 3.63) is 179 Å². The first kappa shape index (κ1) is 46.4. The van der Waals surface area contributed by atoms with E-state index in [-0.39, 0.29) is 18.9 Å². The lowest BCUT2D eigenvalue weighted by molar-refractivity contribution is 0.0592. The number of hydrogen-bond donors (Lipinski definition) is 0. The molecule has 2 aromatic heterocycles. The SMILES string of the molecule is COC(=O)c1ccc2nc(N3CCS(=O)(=O)c4ccccc4C3)nc(OCc3ccccc3)c2c1.COC(=O)c1ccc2nc(N3CCS(=O)c4ccccc4C3)nc(OCc3ccccc3)c2c1. The van der Waals surface area contributed by atoms with Crippen LogP contribution < -0.4 is 19.3 Å². The normalized spacial score (nSPS) is 15.1. The highest BCUT2D eigenvalue weighted by atomic mass is 32.2. The minimum Gasteiger partial charge on any atom is -0.472 e. The molecular weight excluding hydrogens is 917 g/mol. The number of hydrogen-bond acceptors (Lipinski definition) is 15. The van der Waals surface area contributed by atoms with Crippen LogP contribution in [0.1, 0.15) is 43.0 Å². The first-order valence-corrected chi connectivity index (χ1v) is 24.9. The van der Waals surface area contributed by atoms with Crippen molar-refractivity contribution in [2.24, 2.45) is 0 Å². The number of anilines is 2. The maximum Gasteiger partial charge on any atom is 0.337 e. The van der Waals surface area contributed by atoms with Gasteiger partial charge in [0.15, 0.2) is 9.84 Å². The van der Waals surface area contributed by atoms with Crippen LogP contribution in [0.5, 0.6) is 11.8 Å². The zero-order valence-electron chi connectivity index (χ0n) is 37.7. The van der Waals surface area contributed by atoms with E-state index >= 15 is 0 Å². The molecule has 0 saturated heterocycles. The highest BCUT2D eigenvalue weighted by molar-refractivity contribution is 7.91. The van der Waals surface area contributed by atoms with Crippen molar-refractivity contribution in [2.45, 2.75) is 36.1 Å². The molecule has 2 aliphatic rings. The summed E-state index contributed by atoms with van der Waals surface area (Å²) in [4.78, 5) is 48.1. The lowest BCUT2D eigenvalue weighted by Gasteiger charge is -2.22. The smallest absolute Gasteiger partial charge is 0.337 e. The molecule has 17 heteroatoms. The van der Waals surface area contributed by atoms with Crippen molar-refractivity contribution in [3.63, 3.8) is 0 Å². The van der Waals surface area contributed by atoms with E-state index < -0.39 is 32.6 Å². The van der Waals surface area contributed by atoms with Gasteiger partial charge in [-0.05, 0) is 70.8 Å². The van der Waals surface area contributed by atoms with E-state index in [1.54, 1.807) is 48.5 Å². The summed E-state index contributed by atoms with van der Waals surface area (Å²) in [5, 5.41) is 1.19. The largest absolute Gasteiger partial charge is 0.472 e. The standard InChI is InChI=1S/C26H23N3O5S.C26H23N3O4S/c1-33-25(30)19-11-12-22-21(15-19)24(34-17-18-7-3-2-4-8-18)28-26(27-22)29-13-14-35(31,32)23-10-6-5-9-20(23)16-29;1-32-25(30)19-11-12-22-21(15-19)24(33-17-18-7-3-2-4-8-18)28-26(27-22)29-13-14-34(31)23-10-6-5-9-20(23)16-29/h2-12,15H,13-14,16-17H2,1H3;2-12,15H,13-14,16-17H2,1H3. The summed E-state index contributed by atoms with van der Waals surface area (Å²) in [6.07, 6.45) is 0. The van der Waals surface area contributed by atoms with Gasteiger partial charge in [-0.3, -0.25) is 4.21 Å². The number of ether oxygens (including phenoxy) is 4. The van der Waals surface area contributed by atoms with Crippen LogP contribution in [0.15, 0.2) is 155 Å². The Hall–Kier alpha value is -7.76. The van der Waals surface area contributed by atoms with Crippen molar-refractivity contribution in [1.29, 1.82) is 0 Å². The number of methoxy groups -OCH3 is 2. The van der Waals surface area contributed by atoms with Gasteiger partial charge in [0.05, 0.1) is 68.6 Å². The van der Waals surface area contributed by atoms with Crippen molar-refractivity contribution in [3.8, 4) is 11.8 Å². The first-order chi connectivity index (χ1) is 33.6. The molecule has 1 atom stereocenters. The van der Waals surface area contributed by atoms with Gasteiger partial charge in [-0.2, -0.15) is 9.97 Å². The van der Waals surface area contributed by atoms with Gasteiger partial charge in [-0.1, -0.05) is 97.1 Å². The van der Waals surface area contributed by atoms with E-state index in [2.05, 4.69) is 4.98 Å². The van der Waals surface area contributed by atoms with Crippen LogP contribution in [-0.2, 0) is 56.4 Å². The Morgan fingerprint density at radius 3 is 1.61 bits per heavy atom. The number of fused-ring (bicyclic) bond motifs is 4. The maximum atomic E-state index is 12.8. The Labute approximate surface area is 401 Å². The summed E-state index contributed by atoms with van der Waals surface area (Å²) in [5.41, 5.74) is 5.63. The Morgan fingerprint density at radius 2 is 1.06 bits per heavy atom. The Bertz CT molecular complexity index is 3330. The highest BCUT2D eigenvalue weighted by Gasteiger charge is 2.28. The Kier molecular flexibility index (Phi) is 13.9. The van der Waals surface area contributed by atoms with Crippen LogP contribution in [0.2, 0.25) is 0 Å². The molecule has 15 nitrogen and oxygen atoms in total. The number of carbonyl (C=O) groups is 2. The molecule has 69 heavy (non-hydrogen) atoms. The lowest BCUT2D eigenvalue weighted by Crippen LogP contribution is -2.27. The molecule has 8 aromatic rings. The zero-order chi connectivity index (χ0) is 47.9. The zero-order valence-corrected chi connectivity index (χ0v) is 39.3. The third-order valence-electron chi connectivity index (χ3n) is 11.6. The fourth-order valence-corrected chi connectivity index (χ4v) is 10.7. The molecule has 6 aromatic carbocycles. The number of aromatic nitrogens is 4. The maximum absolute atomic E-state index is 12.8. The third-order valence-corrected chi connectivity index (χ3v) is 14.8. The van der Waals surface area contributed by atoms with Crippen LogP contribution in [0, 0.1) is 0 Å². The van der Waals surface area contributed by atoms with Crippen LogP contribution >= 0.6 is 0 Å². The van der Waals surface area contributed by atoms with E-state index in [0.29, 0.717) is 99.0 Å². The molecule has 10 rings (SSSR count). The second-order valence-corrected chi connectivity index (χ2v) is 19.7. The van der Waals surface area contributed by atoms with E-state index in [0.717, 1.165) is 21.6 Å². The molecule has 0 amide bonds. The van der Waals surface area contributed by atoms with Crippen molar-refractivity contribution < 1.29 is 41.2 Å². The van der Waals surface area contributed by atoms with Gasteiger partial charge >= 0.3 is 11.9 Å². The van der Waals surface area contributed by atoms with Gasteiger partial charge < -0.3 is 28.7 Å². The summed E-state index contributed by atoms with van der Waals surface area (Å²) in [7, 11) is -1.82. The number of nitrogens with zero attached hydrogens (tertiary/aromatic N) is 6. The monoisotopic (exact) mass is 962 g/mol. The molecule has 350 valence electrons. The van der Waals surface area contributed by atoms with Gasteiger partial charge in [0.1, 0.15) is 13.2 Å². The molecule has 1 unspecified atom stereocenters. The number of carbonyl (C=O) groups excluding carboxylic acids is 2. The minimum absolute atomic E-state index is 0.0487. The van der Waals surface area contributed by atoms with Crippen molar-refractivity contribution in [2.75, 3.05) is 48.6 Å². The van der Waals surface area contributed by atoms with Gasteiger partial charge in [0, 0.05) is 36.8 Å². The molecule has 0 saturated carbocycles. The van der Waals surface area contributed by atoms with Gasteiger partial charge in [0.25, 0.3) is 0 Å². The highest BCUT2D eigenvalue weighted by Crippen LogP contribution is 2.32. The Morgan fingerprint density at radius 1 is 0.580 bits per heavy atom. The molecule has 4 heterocycles. The summed E-state index contributed by atoms with van der Waals surface area (Å²) >= 11 is 0. The second kappa shape index (κ2) is 20.6. The van der Waals surface area contributed by atoms with Gasteiger partial charge in [-0.25, -0.2) is 28.0 Å². The molecule has 0 aliphatic carbocycles. The van der Waals surface area contributed by atoms with Gasteiger partial charge in [0.2, 0.25) is 23.7 Å². The van der Waals surface area contributed by atoms with E-state index in [4.69, 9.17) is 33.9 Å². The molecule has 0 bridgehead atoms. The average molecular weight is 963 g/mol. The summed E-state index contributed by atoms with van der Waals surface area (Å²) in [6, 6.07) is 44.4. The fraction of sp³-hybridized carbons (Fsp3) is 0.192. The van der Waals surface area contributed by atoms with E-state index in [1.165, 1.54) is 14.2 Å².